The maximum absolute atomic E-state index is 12.7. The fourth-order valence-corrected chi connectivity index (χ4v) is 4.66. The Kier molecular flexibility index (Phi) is 3.25. The highest BCUT2D eigenvalue weighted by Gasteiger charge is 2.46. The molecule has 10 heteroatoms. The second-order valence-electron chi connectivity index (χ2n) is 5.68. The van der Waals surface area contributed by atoms with Gasteiger partial charge in [0.1, 0.15) is 0 Å². The molecule has 0 saturated carbocycles. The summed E-state index contributed by atoms with van der Waals surface area (Å²) in [5.41, 5.74) is -1.45. The van der Waals surface area contributed by atoms with Crippen LogP contribution < -0.4 is 16.6 Å². The van der Waals surface area contributed by atoms with Crippen LogP contribution in [0.2, 0.25) is 0 Å². The molecule has 0 aliphatic carbocycles. The first kappa shape index (κ1) is 15.0. The van der Waals surface area contributed by atoms with E-state index >= 15 is 0 Å². The summed E-state index contributed by atoms with van der Waals surface area (Å²) < 4.78 is 28.3. The molecule has 3 rings (SSSR count). The van der Waals surface area contributed by atoms with Gasteiger partial charge in [-0.05, 0) is 0 Å². The van der Waals surface area contributed by atoms with E-state index in [1.807, 2.05) is 0 Å². The fourth-order valence-electron chi connectivity index (χ4n) is 2.99. The zero-order valence-corrected chi connectivity index (χ0v) is 13.0. The van der Waals surface area contributed by atoms with Gasteiger partial charge in [0, 0.05) is 45.8 Å². The molecule has 0 aromatic carbocycles. The molecule has 1 aromatic heterocycles. The van der Waals surface area contributed by atoms with Gasteiger partial charge >= 0.3 is 5.69 Å². The molecule has 9 nitrogen and oxygen atoms in total. The summed E-state index contributed by atoms with van der Waals surface area (Å²) in [6, 6.07) is 0. The van der Waals surface area contributed by atoms with Crippen molar-refractivity contribution in [1.29, 1.82) is 0 Å². The largest absolute Gasteiger partial charge is 0.355 e. The van der Waals surface area contributed by atoms with Crippen molar-refractivity contribution < 1.29 is 13.2 Å². The Morgan fingerprint density at radius 3 is 2.50 bits per heavy atom. The number of amides is 1. The van der Waals surface area contributed by atoms with Crippen molar-refractivity contribution in [2.24, 2.45) is 25.9 Å². The molecule has 2 fully saturated rings. The average Bonchev–Trinajstić information content (AvgIpc) is 3.03. The van der Waals surface area contributed by atoms with E-state index in [4.69, 9.17) is 0 Å². The number of carbonyl (C=O) groups is 1. The fraction of sp³-hybridized carbons (Fsp3) is 0.583. The molecule has 3 heterocycles. The van der Waals surface area contributed by atoms with Crippen LogP contribution in [0, 0.1) is 11.8 Å². The Bertz CT molecular complexity index is 868. The molecule has 2 atom stereocenters. The van der Waals surface area contributed by atoms with Crippen molar-refractivity contribution in [3.63, 3.8) is 0 Å². The second kappa shape index (κ2) is 4.78. The standard InChI is InChI=1S/C12H16N4O5S/c1-14-6-9(11(18)15(2)12(14)19)22(20,21)16-4-7-3-13-10(17)8(7)5-16/h6-8H,3-5H2,1-2H3,(H,13,17)/t7-,8+/m0/s1. The van der Waals surface area contributed by atoms with Crippen molar-refractivity contribution in [2.45, 2.75) is 4.90 Å². The van der Waals surface area contributed by atoms with Gasteiger partial charge in [-0.1, -0.05) is 0 Å². The highest BCUT2D eigenvalue weighted by atomic mass is 32.2. The summed E-state index contributed by atoms with van der Waals surface area (Å²) in [4.78, 5) is 35.0. The molecule has 0 unspecified atom stereocenters. The van der Waals surface area contributed by atoms with E-state index in [9.17, 15) is 22.8 Å². The zero-order chi connectivity index (χ0) is 16.2. The molecule has 1 aromatic rings. The summed E-state index contributed by atoms with van der Waals surface area (Å²) in [5, 5.41) is 2.70. The number of carbonyl (C=O) groups excluding carboxylic acids is 1. The first-order valence-corrected chi connectivity index (χ1v) is 8.22. The Balaban J connectivity index is 2.04. The molecule has 2 aliphatic heterocycles. The van der Waals surface area contributed by atoms with Gasteiger partial charge < -0.3 is 9.88 Å². The van der Waals surface area contributed by atoms with Crippen LogP contribution in [0.25, 0.3) is 0 Å². The summed E-state index contributed by atoms with van der Waals surface area (Å²) in [6.07, 6.45) is 1.04. The number of nitrogens with zero attached hydrogens (tertiary/aromatic N) is 3. The van der Waals surface area contributed by atoms with Crippen molar-refractivity contribution >= 4 is 15.9 Å². The van der Waals surface area contributed by atoms with E-state index in [1.165, 1.54) is 14.1 Å². The summed E-state index contributed by atoms with van der Waals surface area (Å²) in [5.74, 6) is -0.596. The van der Waals surface area contributed by atoms with E-state index in [0.29, 0.717) is 6.54 Å². The van der Waals surface area contributed by atoms with Gasteiger partial charge in [-0.3, -0.25) is 14.2 Å². The molecule has 0 spiro atoms. The first-order valence-electron chi connectivity index (χ1n) is 6.78. The minimum atomic E-state index is -4.04. The predicted molar refractivity (Wildman–Crippen MR) is 75.7 cm³/mol. The molecule has 0 bridgehead atoms. The minimum absolute atomic E-state index is 0.0603. The number of aromatic nitrogens is 2. The minimum Gasteiger partial charge on any atom is -0.355 e. The van der Waals surface area contributed by atoms with Crippen LogP contribution in [0.5, 0.6) is 0 Å². The number of sulfonamides is 1. The van der Waals surface area contributed by atoms with Gasteiger partial charge in [-0.15, -0.1) is 0 Å². The third-order valence-corrected chi connectivity index (χ3v) is 6.13. The molecule has 1 amide bonds. The van der Waals surface area contributed by atoms with Gasteiger partial charge in [0.25, 0.3) is 5.56 Å². The number of rotatable bonds is 2. The van der Waals surface area contributed by atoms with E-state index in [-0.39, 0.29) is 30.8 Å². The predicted octanol–water partition coefficient (Wildman–Crippen LogP) is -2.55. The lowest BCUT2D eigenvalue weighted by atomic mass is 10.0. The lowest BCUT2D eigenvalue weighted by Crippen LogP contribution is -2.42. The molecule has 0 radical (unpaired) electrons. The second-order valence-corrected chi connectivity index (χ2v) is 7.59. The van der Waals surface area contributed by atoms with Crippen molar-refractivity contribution in [1.82, 2.24) is 18.8 Å². The Labute approximate surface area is 126 Å². The van der Waals surface area contributed by atoms with Crippen LogP contribution in [-0.2, 0) is 28.9 Å². The van der Waals surface area contributed by atoms with Crippen molar-refractivity contribution in [3.8, 4) is 0 Å². The number of fused-ring (bicyclic) bond motifs is 1. The van der Waals surface area contributed by atoms with Crippen LogP contribution in [-0.4, -0.2) is 47.4 Å². The normalized spacial score (nSPS) is 25.3. The average molecular weight is 328 g/mol. The Morgan fingerprint density at radius 2 is 1.86 bits per heavy atom. The lowest BCUT2D eigenvalue weighted by Gasteiger charge is -2.17. The number of aryl methyl sites for hydroxylation is 1. The first-order chi connectivity index (χ1) is 10.2. The third kappa shape index (κ3) is 2.02. The monoisotopic (exact) mass is 328 g/mol. The number of hydrogen-bond acceptors (Lipinski definition) is 5. The van der Waals surface area contributed by atoms with Gasteiger partial charge in [0.05, 0.1) is 5.92 Å². The van der Waals surface area contributed by atoms with Crippen LogP contribution in [0.4, 0.5) is 0 Å². The molecule has 120 valence electrons. The molecule has 22 heavy (non-hydrogen) atoms. The molecular weight excluding hydrogens is 312 g/mol. The SMILES string of the molecule is Cn1cc(S(=O)(=O)N2C[C@@H]3CNC(=O)[C@@H]3C2)c(=O)n(C)c1=O. The van der Waals surface area contributed by atoms with Gasteiger partial charge in [-0.25, -0.2) is 13.2 Å². The smallest absolute Gasteiger partial charge is 0.330 e. The van der Waals surface area contributed by atoms with Gasteiger partial charge in [0.15, 0.2) is 4.90 Å². The van der Waals surface area contributed by atoms with Gasteiger partial charge in [-0.2, -0.15) is 4.31 Å². The maximum atomic E-state index is 12.7. The molecule has 1 N–H and O–H groups in total. The number of hydrogen-bond donors (Lipinski definition) is 1. The van der Waals surface area contributed by atoms with E-state index in [0.717, 1.165) is 19.6 Å². The maximum Gasteiger partial charge on any atom is 0.330 e. The van der Waals surface area contributed by atoms with Crippen LogP contribution >= 0.6 is 0 Å². The topological polar surface area (TPSA) is 110 Å². The Morgan fingerprint density at radius 1 is 1.18 bits per heavy atom. The molecular formula is C12H16N4O5S. The number of nitrogens with one attached hydrogen (secondary N) is 1. The molecule has 2 aliphatic rings. The lowest BCUT2D eigenvalue weighted by molar-refractivity contribution is -0.122. The Hall–Kier alpha value is -1.94. The van der Waals surface area contributed by atoms with Crippen LogP contribution in [0.3, 0.4) is 0 Å². The van der Waals surface area contributed by atoms with E-state index in [1.54, 1.807) is 0 Å². The van der Waals surface area contributed by atoms with E-state index in [2.05, 4.69) is 5.32 Å². The summed E-state index contributed by atoms with van der Waals surface area (Å²) >= 11 is 0. The quantitative estimate of drug-likeness (QED) is 0.643. The highest BCUT2D eigenvalue weighted by molar-refractivity contribution is 7.89. The van der Waals surface area contributed by atoms with Crippen LogP contribution in [0.1, 0.15) is 0 Å². The summed E-state index contributed by atoms with van der Waals surface area (Å²) in [7, 11) is -1.42. The van der Waals surface area contributed by atoms with Crippen molar-refractivity contribution in [2.75, 3.05) is 19.6 Å². The van der Waals surface area contributed by atoms with Crippen molar-refractivity contribution in [3.05, 3.63) is 27.0 Å². The van der Waals surface area contributed by atoms with Gasteiger partial charge in [0.2, 0.25) is 15.9 Å². The summed E-state index contributed by atoms with van der Waals surface area (Å²) in [6.45, 7) is 0.698. The zero-order valence-electron chi connectivity index (χ0n) is 12.1. The van der Waals surface area contributed by atoms with Crippen LogP contribution in [0.15, 0.2) is 20.7 Å². The highest BCUT2D eigenvalue weighted by Crippen LogP contribution is 2.30. The third-order valence-electron chi connectivity index (χ3n) is 4.32. The van der Waals surface area contributed by atoms with E-state index < -0.39 is 26.2 Å². The molecule has 2 saturated heterocycles.